The van der Waals surface area contributed by atoms with E-state index in [0.717, 1.165) is 49.5 Å². The molecule has 1 aliphatic carbocycles. The molecule has 0 spiro atoms. The Morgan fingerprint density at radius 3 is 2.25 bits per heavy atom. The predicted molar refractivity (Wildman–Crippen MR) is 236 cm³/mol. The van der Waals surface area contributed by atoms with Gasteiger partial charge in [-0.25, -0.2) is 17.8 Å². The summed E-state index contributed by atoms with van der Waals surface area (Å²) in [5.41, 5.74) is 3.17. The minimum atomic E-state index is -4.30. The van der Waals surface area contributed by atoms with Crippen LogP contribution in [-0.2, 0) is 23.0 Å². The molecule has 0 bridgehead atoms. The number of benzene rings is 4. The summed E-state index contributed by atoms with van der Waals surface area (Å²) in [6, 6.07) is 24.8. The molecule has 0 unspecified atom stereocenters. The maximum absolute atomic E-state index is 15.3. The Morgan fingerprint density at radius 1 is 0.850 bits per heavy atom. The molecule has 2 heterocycles. The first-order valence-corrected chi connectivity index (χ1v) is 23.2. The van der Waals surface area contributed by atoms with Gasteiger partial charge in [-0.15, -0.1) is 0 Å². The fourth-order valence-electron chi connectivity index (χ4n) is 8.40. The molecule has 7 rings (SSSR count). The zero-order valence-electron chi connectivity index (χ0n) is 34.8. The van der Waals surface area contributed by atoms with E-state index in [1.807, 2.05) is 41.3 Å². The molecule has 2 N–H and O–H groups in total. The lowest BCUT2D eigenvalue weighted by molar-refractivity contribution is 0.0633. The van der Waals surface area contributed by atoms with E-state index in [0.29, 0.717) is 55.4 Å². The first-order valence-electron chi connectivity index (χ1n) is 21.3. The number of carbonyl (C=O) groups excluding carboxylic acids is 3. The standard InChI is InChI=1S/C47H55ClN6O5S/c1-4-6-25-52(26-7-5-2)47(57)44-43(48)32(3)54(50-44)42-24-22-36(45(55)51-60(58,59)40-23-21-33-15-11-12-17-35(33)28-40)29-41(42)46(56)53-31-37-18-14-13-16-34(37)27-39(53)30-49-38-19-9-8-10-20-38/h11-18,21-24,28-29,38-39,49H,4-10,19-20,25-27,30-31H2,1-3H3,(H,51,55)/t39-/m0/s1. The summed E-state index contributed by atoms with van der Waals surface area (Å²) < 4.78 is 31.0. The van der Waals surface area contributed by atoms with Crippen molar-refractivity contribution in [2.45, 2.75) is 109 Å². The zero-order valence-corrected chi connectivity index (χ0v) is 36.3. The SMILES string of the molecule is CCCCN(CCCC)C(=O)c1nn(-c2ccc(C(=O)NS(=O)(=O)c3ccc4ccccc4c3)cc2C(=O)N2Cc3ccccc3C[C@H]2CNC2CCCCC2)c(C)c1Cl. The highest BCUT2D eigenvalue weighted by Gasteiger charge is 2.34. The van der Waals surface area contributed by atoms with Crippen LogP contribution in [0.4, 0.5) is 0 Å². The topological polar surface area (TPSA) is 134 Å². The van der Waals surface area contributed by atoms with Crippen LogP contribution in [0.25, 0.3) is 16.5 Å². The third-order valence-corrected chi connectivity index (χ3v) is 13.7. The fraction of sp³-hybridized carbons (Fsp3) is 0.404. The van der Waals surface area contributed by atoms with Gasteiger partial charge in [-0.3, -0.25) is 14.4 Å². The minimum Gasteiger partial charge on any atom is -0.337 e. The Morgan fingerprint density at radius 2 is 1.53 bits per heavy atom. The lowest BCUT2D eigenvalue weighted by Crippen LogP contribution is -2.51. The number of rotatable bonds is 15. The highest BCUT2D eigenvalue weighted by molar-refractivity contribution is 7.90. The third-order valence-electron chi connectivity index (χ3n) is 11.9. The predicted octanol–water partition coefficient (Wildman–Crippen LogP) is 8.64. The molecule has 0 radical (unpaired) electrons. The molecule has 1 saturated carbocycles. The lowest BCUT2D eigenvalue weighted by atomic mass is 9.91. The Bertz CT molecular complexity index is 2470. The number of aromatic nitrogens is 2. The number of hydrogen-bond donors (Lipinski definition) is 2. The van der Waals surface area contributed by atoms with Crippen molar-refractivity contribution in [1.29, 1.82) is 0 Å². The molecule has 4 aromatic carbocycles. The summed E-state index contributed by atoms with van der Waals surface area (Å²) in [5.74, 6) is -1.53. The summed E-state index contributed by atoms with van der Waals surface area (Å²) in [5, 5.41) is 10.3. The molecule has 316 valence electrons. The molecular formula is C47H55ClN6O5S. The minimum absolute atomic E-state index is 0.0294. The third kappa shape index (κ3) is 9.46. The summed E-state index contributed by atoms with van der Waals surface area (Å²) >= 11 is 6.93. The van der Waals surface area contributed by atoms with Crippen LogP contribution >= 0.6 is 11.6 Å². The van der Waals surface area contributed by atoms with Gasteiger partial charge < -0.3 is 15.1 Å². The van der Waals surface area contributed by atoms with Crippen molar-refractivity contribution in [3.05, 3.63) is 124 Å². The van der Waals surface area contributed by atoms with Gasteiger partial charge in [0, 0.05) is 43.8 Å². The molecule has 2 aliphatic rings. The number of nitrogens with zero attached hydrogens (tertiary/aromatic N) is 4. The van der Waals surface area contributed by atoms with E-state index < -0.39 is 15.9 Å². The van der Waals surface area contributed by atoms with Gasteiger partial charge in [0.2, 0.25) is 0 Å². The van der Waals surface area contributed by atoms with Gasteiger partial charge >= 0.3 is 0 Å². The summed E-state index contributed by atoms with van der Waals surface area (Å²) in [4.78, 5) is 46.8. The highest BCUT2D eigenvalue weighted by Crippen LogP contribution is 2.31. The van der Waals surface area contributed by atoms with E-state index in [1.54, 1.807) is 30.0 Å². The van der Waals surface area contributed by atoms with Gasteiger partial charge in [0.05, 0.1) is 26.9 Å². The normalized spacial score (nSPS) is 15.8. The highest BCUT2D eigenvalue weighted by atomic mass is 35.5. The van der Waals surface area contributed by atoms with Gasteiger partial charge in [0.1, 0.15) is 0 Å². The molecule has 1 atom stereocenters. The number of nitrogens with one attached hydrogen (secondary N) is 2. The molecule has 60 heavy (non-hydrogen) atoms. The molecular weight excluding hydrogens is 796 g/mol. The Hall–Kier alpha value is -5.04. The Balaban J connectivity index is 1.28. The monoisotopic (exact) mass is 850 g/mol. The van der Waals surface area contributed by atoms with Crippen molar-refractivity contribution in [2.75, 3.05) is 19.6 Å². The molecule has 0 saturated heterocycles. The number of unbranched alkanes of at least 4 members (excludes halogenated alkanes) is 2. The van der Waals surface area contributed by atoms with Gasteiger partial charge in [-0.2, -0.15) is 5.10 Å². The quantitative estimate of drug-likeness (QED) is 0.108. The van der Waals surface area contributed by atoms with Crippen molar-refractivity contribution in [3.8, 4) is 5.69 Å². The van der Waals surface area contributed by atoms with Crippen LogP contribution in [0.5, 0.6) is 0 Å². The van der Waals surface area contributed by atoms with Crippen LogP contribution in [0.2, 0.25) is 5.02 Å². The zero-order chi connectivity index (χ0) is 42.4. The number of amides is 3. The number of sulfonamides is 1. The number of fused-ring (bicyclic) bond motifs is 2. The summed E-state index contributed by atoms with van der Waals surface area (Å²) in [7, 11) is -4.30. The fourth-order valence-corrected chi connectivity index (χ4v) is 9.60. The van der Waals surface area contributed by atoms with E-state index in [9.17, 15) is 18.0 Å². The van der Waals surface area contributed by atoms with Crippen LogP contribution in [0.15, 0.2) is 89.8 Å². The molecule has 3 amide bonds. The van der Waals surface area contributed by atoms with Crippen LogP contribution in [0, 0.1) is 6.92 Å². The van der Waals surface area contributed by atoms with E-state index in [1.165, 1.54) is 53.8 Å². The number of halogens is 1. The van der Waals surface area contributed by atoms with Crippen molar-refractivity contribution in [2.24, 2.45) is 0 Å². The maximum atomic E-state index is 15.3. The van der Waals surface area contributed by atoms with E-state index in [-0.39, 0.29) is 44.6 Å². The average molecular weight is 852 g/mol. The van der Waals surface area contributed by atoms with E-state index in [4.69, 9.17) is 16.7 Å². The number of carbonyl (C=O) groups is 3. The maximum Gasteiger partial charge on any atom is 0.275 e. The van der Waals surface area contributed by atoms with Gasteiger partial charge in [0.15, 0.2) is 5.69 Å². The molecule has 1 aromatic heterocycles. The van der Waals surface area contributed by atoms with Gasteiger partial charge in [0.25, 0.3) is 27.7 Å². The number of hydrogen-bond acceptors (Lipinski definition) is 7. The van der Waals surface area contributed by atoms with Crippen molar-refractivity contribution in [1.82, 2.24) is 29.6 Å². The van der Waals surface area contributed by atoms with Gasteiger partial charge in [-0.1, -0.05) is 112 Å². The summed E-state index contributed by atoms with van der Waals surface area (Å²) in [6.45, 7) is 7.96. The average Bonchev–Trinajstić information content (AvgIpc) is 3.57. The van der Waals surface area contributed by atoms with Crippen molar-refractivity contribution < 1.29 is 22.8 Å². The molecule has 5 aromatic rings. The van der Waals surface area contributed by atoms with Crippen LogP contribution < -0.4 is 10.0 Å². The second kappa shape index (κ2) is 19.1. The molecule has 13 heteroatoms. The first-order chi connectivity index (χ1) is 29.0. The van der Waals surface area contributed by atoms with Crippen molar-refractivity contribution in [3.63, 3.8) is 0 Å². The van der Waals surface area contributed by atoms with Crippen LogP contribution in [-0.4, -0.2) is 77.4 Å². The Labute approximate surface area is 358 Å². The summed E-state index contributed by atoms with van der Waals surface area (Å²) in [6.07, 6.45) is 9.91. The van der Waals surface area contributed by atoms with Crippen LogP contribution in [0.3, 0.4) is 0 Å². The lowest BCUT2D eigenvalue weighted by Gasteiger charge is -2.38. The molecule has 1 aliphatic heterocycles. The van der Waals surface area contributed by atoms with E-state index in [2.05, 4.69) is 30.0 Å². The Kier molecular flexibility index (Phi) is 13.7. The first kappa shape index (κ1) is 43.1. The smallest absolute Gasteiger partial charge is 0.275 e. The second-order valence-electron chi connectivity index (χ2n) is 16.1. The molecule has 11 nitrogen and oxygen atoms in total. The van der Waals surface area contributed by atoms with Crippen LogP contribution in [0.1, 0.15) is 120 Å². The molecule has 1 fully saturated rings. The second-order valence-corrected chi connectivity index (χ2v) is 18.2. The largest absolute Gasteiger partial charge is 0.337 e. The van der Waals surface area contributed by atoms with E-state index >= 15 is 4.79 Å². The van der Waals surface area contributed by atoms with Crippen molar-refractivity contribution >= 4 is 50.1 Å². The van der Waals surface area contributed by atoms with Gasteiger partial charge in [-0.05, 0) is 91.3 Å².